The summed E-state index contributed by atoms with van der Waals surface area (Å²) in [5.74, 6) is -0.139. The summed E-state index contributed by atoms with van der Waals surface area (Å²) >= 11 is 0. The summed E-state index contributed by atoms with van der Waals surface area (Å²) in [6.45, 7) is 1.83. The van der Waals surface area contributed by atoms with Crippen molar-refractivity contribution in [3.05, 3.63) is 29.6 Å². The van der Waals surface area contributed by atoms with Gasteiger partial charge in [-0.1, -0.05) is 0 Å². The minimum Gasteiger partial charge on any atom is -0.478 e. The van der Waals surface area contributed by atoms with E-state index in [-0.39, 0.29) is 18.0 Å². The molecule has 0 atom stereocenters. The van der Waals surface area contributed by atoms with Gasteiger partial charge in [-0.25, -0.2) is 9.78 Å². The number of nitrogens with one attached hydrogen (secondary N) is 1. The van der Waals surface area contributed by atoms with Crippen molar-refractivity contribution in [1.29, 1.82) is 0 Å². The fourth-order valence-corrected chi connectivity index (χ4v) is 1.27. The molecule has 1 aromatic carbocycles. The van der Waals surface area contributed by atoms with Crippen molar-refractivity contribution in [1.82, 2.24) is 9.97 Å². The number of rotatable bonds is 1. The Labute approximate surface area is 86.4 Å². The summed E-state index contributed by atoms with van der Waals surface area (Å²) in [6, 6.07) is 4.84. The monoisotopic (exact) mass is 212 g/mol. The number of aromatic carboxylic acids is 1. The molecule has 0 radical (unpaired) electrons. The van der Waals surface area contributed by atoms with Gasteiger partial charge in [-0.15, -0.1) is 12.4 Å². The van der Waals surface area contributed by atoms with E-state index in [1.807, 2.05) is 6.92 Å². The second kappa shape index (κ2) is 3.67. The van der Waals surface area contributed by atoms with E-state index < -0.39 is 5.97 Å². The third-order valence-corrected chi connectivity index (χ3v) is 1.85. The number of carboxylic acid groups (broad SMARTS) is 1. The summed E-state index contributed by atoms with van der Waals surface area (Å²) in [5, 5.41) is 8.71. The highest BCUT2D eigenvalue weighted by Gasteiger charge is 2.05. The Morgan fingerprint density at radius 2 is 2.21 bits per heavy atom. The molecule has 0 fully saturated rings. The lowest BCUT2D eigenvalue weighted by molar-refractivity contribution is 0.0697. The molecule has 0 amide bonds. The highest BCUT2D eigenvalue weighted by atomic mass is 35.5. The second-order valence-corrected chi connectivity index (χ2v) is 2.86. The molecular weight excluding hydrogens is 204 g/mol. The summed E-state index contributed by atoms with van der Waals surface area (Å²) in [5.41, 5.74) is 1.82. The van der Waals surface area contributed by atoms with Gasteiger partial charge in [0.2, 0.25) is 0 Å². The van der Waals surface area contributed by atoms with Crippen LogP contribution in [-0.4, -0.2) is 21.0 Å². The number of halogens is 1. The molecule has 0 aliphatic heterocycles. The van der Waals surface area contributed by atoms with Crippen LogP contribution >= 0.6 is 12.4 Å². The predicted octanol–water partition coefficient (Wildman–Crippen LogP) is 1.99. The Hall–Kier alpha value is -1.55. The molecule has 0 saturated heterocycles. The first-order valence-corrected chi connectivity index (χ1v) is 3.86. The van der Waals surface area contributed by atoms with Gasteiger partial charge in [-0.2, -0.15) is 0 Å². The molecular formula is C9H9ClN2O2. The smallest absolute Gasteiger partial charge is 0.335 e. The van der Waals surface area contributed by atoms with Crippen molar-refractivity contribution >= 4 is 29.4 Å². The lowest BCUT2D eigenvalue weighted by Gasteiger charge is -1.92. The van der Waals surface area contributed by atoms with Crippen LogP contribution in [0.5, 0.6) is 0 Å². The summed E-state index contributed by atoms with van der Waals surface area (Å²) < 4.78 is 0. The van der Waals surface area contributed by atoms with E-state index in [0.29, 0.717) is 5.52 Å². The predicted molar refractivity (Wildman–Crippen MR) is 55.0 cm³/mol. The molecule has 2 aromatic rings. The fraction of sp³-hybridized carbons (Fsp3) is 0.111. The number of aromatic amines is 1. The largest absolute Gasteiger partial charge is 0.478 e. The number of nitrogens with zero attached hydrogens (tertiary/aromatic N) is 1. The van der Waals surface area contributed by atoms with Gasteiger partial charge in [0.05, 0.1) is 16.6 Å². The average molecular weight is 213 g/mol. The van der Waals surface area contributed by atoms with Crippen molar-refractivity contribution in [2.75, 3.05) is 0 Å². The molecule has 0 aliphatic carbocycles. The van der Waals surface area contributed by atoms with E-state index in [1.165, 1.54) is 0 Å². The van der Waals surface area contributed by atoms with Crippen LogP contribution in [0.3, 0.4) is 0 Å². The first-order chi connectivity index (χ1) is 6.16. The summed E-state index contributed by atoms with van der Waals surface area (Å²) in [4.78, 5) is 17.8. The number of carbonyl (C=O) groups is 1. The van der Waals surface area contributed by atoms with Gasteiger partial charge in [-0.3, -0.25) is 0 Å². The lowest BCUT2D eigenvalue weighted by Crippen LogP contribution is -1.94. The topological polar surface area (TPSA) is 66.0 Å². The Bertz CT molecular complexity index is 479. The average Bonchev–Trinajstić information content (AvgIpc) is 2.42. The van der Waals surface area contributed by atoms with E-state index in [9.17, 15) is 4.79 Å². The van der Waals surface area contributed by atoms with Gasteiger partial charge < -0.3 is 10.1 Å². The van der Waals surface area contributed by atoms with Crippen LogP contribution in [0.4, 0.5) is 0 Å². The highest BCUT2D eigenvalue weighted by Crippen LogP contribution is 2.13. The van der Waals surface area contributed by atoms with Gasteiger partial charge in [0.1, 0.15) is 5.82 Å². The molecule has 1 heterocycles. The number of benzene rings is 1. The molecule has 0 bridgehead atoms. The van der Waals surface area contributed by atoms with E-state index >= 15 is 0 Å². The molecule has 1 aromatic heterocycles. The molecule has 0 unspecified atom stereocenters. The van der Waals surface area contributed by atoms with Gasteiger partial charge in [0, 0.05) is 0 Å². The van der Waals surface area contributed by atoms with Gasteiger partial charge >= 0.3 is 5.97 Å². The lowest BCUT2D eigenvalue weighted by atomic mass is 10.2. The van der Waals surface area contributed by atoms with Crippen molar-refractivity contribution in [3.63, 3.8) is 0 Å². The van der Waals surface area contributed by atoms with Crippen LogP contribution in [-0.2, 0) is 0 Å². The van der Waals surface area contributed by atoms with Crippen molar-refractivity contribution in [3.8, 4) is 0 Å². The van der Waals surface area contributed by atoms with Crippen molar-refractivity contribution < 1.29 is 9.90 Å². The number of aryl methyl sites for hydroxylation is 1. The number of H-pyrrole nitrogens is 1. The SMILES string of the molecule is Cc1nc2cc(C(=O)O)ccc2[nH]1.Cl. The van der Waals surface area contributed by atoms with Crippen molar-refractivity contribution in [2.24, 2.45) is 0 Å². The number of fused-ring (bicyclic) bond motifs is 1. The number of carboxylic acids is 1. The normalized spacial score (nSPS) is 9.79. The molecule has 14 heavy (non-hydrogen) atoms. The van der Waals surface area contributed by atoms with Crippen LogP contribution in [0.1, 0.15) is 16.2 Å². The molecule has 2 rings (SSSR count). The van der Waals surface area contributed by atoms with Gasteiger partial charge in [-0.05, 0) is 25.1 Å². The minimum atomic E-state index is -0.928. The van der Waals surface area contributed by atoms with Crippen LogP contribution < -0.4 is 0 Å². The molecule has 5 heteroatoms. The summed E-state index contributed by atoms with van der Waals surface area (Å²) in [7, 11) is 0. The van der Waals surface area contributed by atoms with Crippen LogP contribution in [0.15, 0.2) is 18.2 Å². The molecule has 4 nitrogen and oxygen atoms in total. The van der Waals surface area contributed by atoms with E-state index in [0.717, 1.165) is 11.3 Å². The Kier molecular flexibility index (Phi) is 2.76. The standard InChI is InChI=1S/C9H8N2O2.ClH/c1-5-10-7-3-2-6(9(12)13)4-8(7)11-5;/h2-4H,1H3,(H,10,11)(H,12,13);1H. The highest BCUT2D eigenvalue weighted by molar-refractivity contribution is 5.92. The second-order valence-electron chi connectivity index (χ2n) is 2.86. The zero-order valence-electron chi connectivity index (χ0n) is 7.44. The maximum Gasteiger partial charge on any atom is 0.335 e. The quantitative estimate of drug-likeness (QED) is 0.760. The molecule has 2 N–H and O–H groups in total. The summed E-state index contributed by atoms with van der Waals surface area (Å²) in [6.07, 6.45) is 0. The first-order valence-electron chi connectivity index (χ1n) is 3.86. The van der Waals surface area contributed by atoms with E-state index in [1.54, 1.807) is 18.2 Å². The number of imidazole rings is 1. The molecule has 0 spiro atoms. The maximum absolute atomic E-state index is 10.6. The Morgan fingerprint density at radius 1 is 1.50 bits per heavy atom. The van der Waals surface area contributed by atoms with Crippen LogP contribution in [0, 0.1) is 6.92 Å². The third-order valence-electron chi connectivity index (χ3n) is 1.85. The van der Waals surface area contributed by atoms with E-state index in [4.69, 9.17) is 5.11 Å². The fourth-order valence-electron chi connectivity index (χ4n) is 1.27. The maximum atomic E-state index is 10.6. The third kappa shape index (κ3) is 1.70. The molecule has 0 aliphatic rings. The first kappa shape index (κ1) is 10.5. The number of hydrogen-bond acceptors (Lipinski definition) is 2. The van der Waals surface area contributed by atoms with E-state index in [2.05, 4.69) is 9.97 Å². The molecule has 0 saturated carbocycles. The van der Waals surface area contributed by atoms with Crippen molar-refractivity contribution in [2.45, 2.75) is 6.92 Å². The van der Waals surface area contributed by atoms with Gasteiger partial charge in [0.25, 0.3) is 0 Å². The zero-order chi connectivity index (χ0) is 9.42. The van der Waals surface area contributed by atoms with Crippen LogP contribution in [0.2, 0.25) is 0 Å². The van der Waals surface area contributed by atoms with Gasteiger partial charge in [0.15, 0.2) is 0 Å². The Morgan fingerprint density at radius 3 is 2.86 bits per heavy atom. The number of aromatic nitrogens is 2. The Balaban J connectivity index is 0.000000980. The van der Waals surface area contributed by atoms with Crippen LogP contribution in [0.25, 0.3) is 11.0 Å². The zero-order valence-corrected chi connectivity index (χ0v) is 8.26. The minimum absolute atomic E-state index is 0. The number of hydrogen-bond donors (Lipinski definition) is 2. The molecule has 74 valence electrons.